The predicted molar refractivity (Wildman–Crippen MR) is 59.0 cm³/mol. The van der Waals surface area contributed by atoms with Crippen LogP contribution >= 0.6 is 11.3 Å². The van der Waals surface area contributed by atoms with Crippen LogP contribution in [0.4, 0.5) is 9.80 Å². The van der Waals surface area contributed by atoms with Gasteiger partial charge < -0.3 is 4.74 Å². The van der Waals surface area contributed by atoms with Crippen molar-refractivity contribution in [2.45, 2.75) is 26.7 Å². The minimum absolute atomic E-state index is 0.368. The molecule has 78 valence electrons. The van der Waals surface area contributed by atoms with Crippen molar-refractivity contribution in [3.8, 4) is 0 Å². The zero-order valence-electron chi connectivity index (χ0n) is 8.50. The van der Waals surface area contributed by atoms with Gasteiger partial charge in [0.05, 0.1) is 6.61 Å². The maximum Gasteiger partial charge on any atom is 0.412 e. The second kappa shape index (κ2) is 5.65. The Hall–Kier alpha value is -1.03. The second-order valence-corrected chi connectivity index (χ2v) is 3.79. The van der Waals surface area contributed by atoms with Crippen LogP contribution in [0, 0.1) is 0 Å². The monoisotopic (exact) mass is 213 g/mol. The normalized spacial score (nSPS) is 9.86. The molecule has 4 heteroatoms. The van der Waals surface area contributed by atoms with Crippen LogP contribution in [0.1, 0.15) is 25.8 Å². The van der Waals surface area contributed by atoms with E-state index in [2.05, 4.69) is 12.2 Å². The Bertz CT molecular complexity index is 296. The molecule has 0 aliphatic carbocycles. The molecule has 0 aliphatic rings. The van der Waals surface area contributed by atoms with E-state index in [9.17, 15) is 4.79 Å². The molecule has 0 saturated heterocycles. The van der Waals surface area contributed by atoms with Gasteiger partial charge >= 0.3 is 6.09 Å². The minimum Gasteiger partial charge on any atom is -0.450 e. The van der Waals surface area contributed by atoms with E-state index in [4.69, 9.17) is 4.74 Å². The van der Waals surface area contributed by atoms with Crippen LogP contribution in [0.5, 0.6) is 0 Å². The quantitative estimate of drug-likeness (QED) is 0.833. The average molecular weight is 213 g/mol. The number of hydrogen-bond acceptors (Lipinski definition) is 3. The van der Waals surface area contributed by atoms with Crippen molar-refractivity contribution in [1.82, 2.24) is 0 Å². The number of ether oxygens (including phenoxy) is 1. The van der Waals surface area contributed by atoms with Gasteiger partial charge in [0, 0.05) is 0 Å². The van der Waals surface area contributed by atoms with E-state index in [1.165, 1.54) is 16.9 Å². The molecule has 1 aromatic rings. The van der Waals surface area contributed by atoms with Gasteiger partial charge in [-0.05, 0) is 30.4 Å². The highest BCUT2D eigenvalue weighted by molar-refractivity contribution is 7.14. The number of aryl methyl sites for hydroxylation is 1. The molecular formula is C10H15NO2S. The van der Waals surface area contributed by atoms with E-state index >= 15 is 0 Å². The Labute approximate surface area is 88.1 Å². The smallest absolute Gasteiger partial charge is 0.412 e. The highest BCUT2D eigenvalue weighted by atomic mass is 32.1. The van der Waals surface area contributed by atoms with Crippen molar-refractivity contribution in [2.75, 3.05) is 11.9 Å². The first-order valence-electron chi connectivity index (χ1n) is 4.78. The predicted octanol–water partition coefficient (Wildman–Crippen LogP) is 3.27. The van der Waals surface area contributed by atoms with E-state index in [0.717, 1.165) is 17.8 Å². The number of carbonyl (C=O) groups excluding carboxylic acids is 1. The maximum atomic E-state index is 11.1. The van der Waals surface area contributed by atoms with Crippen molar-refractivity contribution in [1.29, 1.82) is 0 Å². The van der Waals surface area contributed by atoms with E-state index in [1.807, 2.05) is 11.4 Å². The Morgan fingerprint density at radius 1 is 1.57 bits per heavy atom. The first kappa shape index (κ1) is 11.0. The van der Waals surface area contributed by atoms with Gasteiger partial charge in [0.25, 0.3) is 0 Å². The van der Waals surface area contributed by atoms with Gasteiger partial charge in [0.15, 0.2) is 0 Å². The lowest BCUT2D eigenvalue weighted by Crippen LogP contribution is -2.13. The highest BCUT2D eigenvalue weighted by Crippen LogP contribution is 2.24. The topological polar surface area (TPSA) is 38.3 Å². The minimum atomic E-state index is -0.368. The molecule has 0 unspecified atom stereocenters. The number of rotatable bonds is 4. The largest absolute Gasteiger partial charge is 0.450 e. The summed E-state index contributed by atoms with van der Waals surface area (Å²) in [7, 11) is 0. The number of thiophene rings is 1. The fourth-order valence-corrected chi connectivity index (χ4v) is 2.00. The van der Waals surface area contributed by atoms with Gasteiger partial charge in [0.1, 0.15) is 5.00 Å². The first-order valence-corrected chi connectivity index (χ1v) is 5.66. The molecule has 1 aromatic heterocycles. The van der Waals surface area contributed by atoms with Crippen molar-refractivity contribution in [3.63, 3.8) is 0 Å². The molecule has 1 N–H and O–H groups in total. The summed E-state index contributed by atoms with van der Waals surface area (Å²) in [6.07, 6.45) is 1.70. The summed E-state index contributed by atoms with van der Waals surface area (Å²) < 4.78 is 4.80. The van der Waals surface area contributed by atoms with E-state index in [-0.39, 0.29) is 6.09 Å². The Balaban J connectivity index is 2.56. The lowest BCUT2D eigenvalue weighted by molar-refractivity contribution is 0.168. The summed E-state index contributed by atoms with van der Waals surface area (Å²) in [6.45, 7) is 4.31. The van der Waals surface area contributed by atoms with Gasteiger partial charge in [-0.25, -0.2) is 4.79 Å². The van der Waals surface area contributed by atoms with Crippen LogP contribution < -0.4 is 5.32 Å². The maximum absolute atomic E-state index is 11.1. The fraction of sp³-hybridized carbons (Fsp3) is 0.500. The molecule has 0 saturated carbocycles. The summed E-state index contributed by atoms with van der Waals surface area (Å²) in [5, 5.41) is 5.62. The third kappa shape index (κ3) is 3.03. The first-order chi connectivity index (χ1) is 6.77. The van der Waals surface area contributed by atoms with Crippen LogP contribution in [0.3, 0.4) is 0 Å². The molecule has 1 rings (SSSR count). The molecule has 0 aliphatic heterocycles. The lowest BCUT2D eigenvalue weighted by atomic mass is 10.2. The molecular weight excluding hydrogens is 198 g/mol. The number of nitrogens with one attached hydrogen (secondary N) is 1. The van der Waals surface area contributed by atoms with Crippen LogP contribution in [0.2, 0.25) is 0 Å². The van der Waals surface area contributed by atoms with Crippen LogP contribution in [0.15, 0.2) is 11.4 Å². The summed E-state index contributed by atoms with van der Waals surface area (Å²) in [5.74, 6) is 0. The Morgan fingerprint density at radius 2 is 2.36 bits per heavy atom. The lowest BCUT2D eigenvalue weighted by Gasteiger charge is -2.04. The molecule has 1 amide bonds. The van der Waals surface area contributed by atoms with E-state index < -0.39 is 0 Å². The molecule has 0 bridgehead atoms. The van der Waals surface area contributed by atoms with Crippen LogP contribution in [-0.4, -0.2) is 12.7 Å². The fourth-order valence-electron chi connectivity index (χ4n) is 1.17. The van der Waals surface area contributed by atoms with Gasteiger partial charge in [-0.2, -0.15) is 0 Å². The Morgan fingerprint density at radius 3 is 3.00 bits per heavy atom. The third-order valence-electron chi connectivity index (χ3n) is 1.76. The Kier molecular flexibility index (Phi) is 4.46. The van der Waals surface area contributed by atoms with Crippen molar-refractivity contribution in [2.24, 2.45) is 0 Å². The van der Waals surface area contributed by atoms with Gasteiger partial charge in [-0.15, -0.1) is 11.3 Å². The molecule has 0 fully saturated rings. The SMILES string of the molecule is CCCc1ccsc1NC(=O)OCC. The molecule has 14 heavy (non-hydrogen) atoms. The zero-order valence-corrected chi connectivity index (χ0v) is 9.32. The summed E-state index contributed by atoms with van der Waals surface area (Å²) >= 11 is 1.53. The molecule has 0 aromatic carbocycles. The zero-order chi connectivity index (χ0) is 10.4. The van der Waals surface area contributed by atoms with E-state index in [1.54, 1.807) is 6.92 Å². The van der Waals surface area contributed by atoms with Crippen molar-refractivity contribution >= 4 is 22.4 Å². The van der Waals surface area contributed by atoms with Gasteiger partial charge in [-0.1, -0.05) is 13.3 Å². The molecule has 1 heterocycles. The number of amides is 1. The molecule has 3 nitrogen and oxygen atoms in total. The summed E-state index contributed by atoms with van der Waals surface area (Å²) in [5.41, 5.74) is 1.19. The highest BCUT2D eigenvalue weighted by Gasteiger charge is 2.07. The average Bonchev–Trinajstić information content (AvgIpc) is 2.54. The second-order valence-electron chi connectivity index (χ2n) is 2.87. The summed E-state index contributed by atoms with van der Waals surface area (Å²) in [6, 6.07) is 2.04. The van der Waals surface area contributed by atoms with E-state index in [0.29, 0.717) is 6.61 Å². The standard InChI is InChI=1S/C10H15NO2S/c1-3-5-8-6-7-14-9(8)11-10(12)13-4-2/h6-7H,3-5H2,1-2H3,(H,11,12). The van der Waals surface area contributed by atoms with Crippen molar-refractivity contribution < 1.29 is 9.53 Å². The number of anilines is 1. The number of hydrogen-bond donors (Lipinski definition) is 1. The van der Waals surface area contributed by atoms with Crippen molar-refractivity contribution in [3.05, 3.63) is 17.0 Å². The van der Waals surface area contributed by atoms with Crippen LogP contribution in [-0.2, 0) is 11.2 Å². The molecule has 0 atom stereocenters. The summed E-state index contributed by atoms with van der Waals surface area (Å²) in [4.78, 5) is 11.1. The molecule has 0 spiro atoms. The van der Waals surface area contributed by atoms with Gasteiger partial charge in [-0.3, -0.25) is 5.32 Å². The van der Waals surface area contributed by atoms with Gasteiger partial charge in [0.2, 0.25) is 0 Å². The number of carbonyl (C=O) groups is 1. The van der Waals surface area contributed by atoms with Crippen LogP contribution in [0.25, 0.3) is 0 Å². The molecule has 0 radical (unpaired) electrons. The third-order valence-corrected chi connectivity index (χ3v) is 2.63.